The molecule has 1 aliphatic rings. The minimum Gasteiger partial charge on any atom is -0.374 e. The van der Waals surface area contributed by atoms with Crippen molar-refractivity contribution in [2.24, 2.45) is 0 Å². The van der Waals surface area contributed by atoms with Gasteiger partial charge in [-0.05, 0) is 38.2 Å². The summed E-state index contributed by atoms with van der Waals surface area (Å²) >= 11 is 0. The van der Waals surface area contributed by atoms with Crippen LogP contribution in [0.3, 0.4) is 0 Å². The van der Waals surface area contributed by atoms with Crippen molar-refractivity contribution in [3.05, 3.63) is 35.6 Å². The fourth-order valence-corrected chi connectivity index (χ4v) is 2.39. The zero-order chi connectivity index (χ0) is 13.0. The van der Waals surface area contributed by atoms with Crippen LogP contribution in [0.4, 0.5) is 4.39 Å². The number of ether oxygens (including phenoxy) is 1. The summed E-state index contributed by atoms with van der Waals surface area (Å²) < 4.78 is 19.0. The Morgan fingerprint density at radius 2 is 2.39 bits per heavy atom. The molecule has 0 spiro atoms. The van der Waals surface area contributed by atoms with Gasteiger partial charge in [0.1, 0.15) is 5.82 Å². The molecule has 0 radical (unpaired) electrons. The first-order valence-electron chi connectivity index (χ1n) is 6.41. The largest absolute Gasteiger partial charge is 0.374 e. The normalized spacial score (nSPS) is 22.9. The number of likely N-dealkylation sites (N-methyl/N-ethyl adjacent to an activating group) is 2. The van der Waals surface area contributed by atoms with E-state index in [1.807, 2.05) is 13.1 Å². The molecule has 1 aromatic rings. The van der Waals surface area contributed by atoms with Crippen molar-refractivity contribution < 1.29 is 9.13 Å². The second kappa shape index (κ2) is 6.27. The zero-order valence-corrected chi connectivity index (χ0v) is 11.0. The summed E-state index contributed by atoms with van der Waals surface area (Å²) in [4.78, 5) is 2.27. The van der Waals surface area contributed by atoms with Gasteiger partial charge in [0.25, 0.3) is 0 Å². The standard InChI is InChI=1S/C14H21FN2O/c1-16-13(14-10-17(2)6-7-18-14)9-11-4-3-5-12(15)8-11/h3-5,8,13-14,16H,6-7,9-10H2,1-2H3. The quantitative estimate of drug-likeness (QED) is 0.874. The zero-order valence-electron chi connectivity index (χ0n) is 11.0. The molecule has 0 amide bonds. The Morgan fingerprint density at radius 1 is 1.56 bits per heavy atom. The Kier molecular flexibility index (Phi) is 4.69. The van der Waals surface area contributed by atoms with Crippen molar-refractivity contribution in [1.29, 1.82) is 0 Å². The van der Waals surface area contributed by atoms with E-state index in [4.69, 9.17) is 4.74 Å². The molecule has 18 heavy (non-hydrogen) atoms. The van der Waals surface area contributed by atoms with Gasteiger partial charge in [-0.25, -0.2) is 4.39 Å². The van der Waals surface area contributed by atoms with Crippen molar-refractivity contribution in [3.8, 4) is 0 Å². The highest BCUT2D eigenvalue weighted by atomic mass is 19.1. The maximum absolute atomic E-state index is 13.2. The maximum Gasteiger partial charge on any atom is 0.123 e. The lowest BCUT2D eigenvalue weighted by Crippen LogP contribution is -2.51. The van der Waals surface area contributed by atoms with Crippen LogP contribution in [0.1, 0.15) is 5.56 Å². The molecule has 2 rings (SSSR count). The van der Waals surface area contributed by atoms with Gasteiger partial charge >= 0.3 is 0 Å². The van der Waals surface area contributed by atoms with Gasteiger partial charge in [0.05, 0.1) is 12.7 Å². The molecule has 0 saturated carbocycles. The maximum atomic E-state index is 13.2. The van der Waals surface area contributed by atoms with E-state index < -0.39 is 0 Å². The van der Waals surface area contributed by atoms with E-state index in [0.717, 1.165) is 31.7 Å². The third-order valence-electron chi connectivity index (χ3n) is 3.46. The van der Waals surface area contributed by atoms with Crippen LogP contribution in [0.25, 0.3) is 0 Å². The molecule has 2 atom stereocenters. The van der Waals surface area contributed by atoms with E-state index in [9.17, 15) is 4.39 Å². The van der Waals surface area contributed by atoms with Gasteiger partial charge in [0.2, 0.25) is 0 Å². The van der Waals surface area contributed by atoms with E-state index in [0.29, 0.717) is 0 Å². The number of morpholine rings is 1. The average Bonchev–Trinajstić information content (AvgIpc) is 2.36. The predicted molar refractivity (Wildman–Crippen MR) is 70.2 cm³/mol. The van der Waals surface area contributed by atoms with Crippen LogP contribution >= 0.6 is 0 Å². The van der Waals surface area contributed by atoms with Gasteiger partial charge in [-0.1, -0.05) is 12.1 Å². The molecule has 100 valence electrons. The summed E-state index contributed by atoms with van der Waals surface area (Å²) in [6, 6.07) is 7.00. The lowest BCUT2D eigenvalue weighted by molar-refractivity contribution is -0.0372. The summed E-state index contributed by atoms with van der Waals surface area (Å²) in [5.74, 6) is -0.177. The molecule has 4 heteroatoms. The molecule has 1 N–H and O–H groups in total. The molecular weight excluding hydrogens is 231 g/mol. The summed E-state index contributed by atoms with van der Waals surface area (Å²) in [5, 5.41) is 3.29. The van der Waals surface area contributed by atoms with Crippen molar-refractivity contribution in [3.63, 3.8) is 0 Å². The average molecular weight is 252 g/mol. The van der Waals surface area contributed by atoms with Crippen LogP contribution in [0.2, 0.25) is 0 Å². The molecule has 3 nitrogen and oxygen atoms in total. The number of hydrogen-bond acceptors (Lipinski definition) is 3. The van der Waals surface area contributed by atoms with Gasteiger partial charge in [0, 0.05) is 19.1 Å². The second-order valence-corrected chi connectivity index (χ2v) is 4.90. The van der Waals surface area contributed by atoms with Gasteiger partial charge in [-0.2, -0.15) is 0 Å². The van der Waals surface area contributed by atoms with Crippen LogP contribution in [-0.4, -0.2) is 50.8 Å². The number of benzene rings is 1. The SMILES string of the molecule is CNC(Cc1cccc(F)c1)C1CN(C)CCO1. The summed E-state index contributed by atoms with van der Waals surface area (Å²) in [6.07, 6.45) is 0.948. The minimum absolute atomic E-state index is 0.164. The first-order valence-corrected chi connectivity index (χ1v) is 6.41. The molecule has 1 fully saturated rings. The molecule has 1 heterocycles. The Morgan fingerprint density at radius 3 is 3.06 bits per heavy atom. The Bertz CT molecular complexity index is 386. The van der Waals surface area contributed by atoms with E-state index in [2.05, 4.69) is 17.3 Å². The van der Waals surface area contributed by atoms with Crippen LogP contribution in [0.5, 0.6) is 0 Å². The van der Waals surface area contributed by atoms with Crippen molar-refractivity contribution in [2.75, 3.05) is 33.8 Å². The summed E-state index contributed by atoms with van der Waals surface area (Å²) in [5.41, 5.74) is 1.01. The highest BCUT2D eigenvalue weighted by molar-refractivity contribution is 5.18. The smallest absolute Gasteiger partial charge is 0.123 e. The molecule has 0 aliphatic carbocycles. The van der Waals surface area contributed by atoms with Crippen LogP contribution in [-0.2, 0) is 11.2 Å². The highest BCUT2D eigenvalue weighted by Crippen LogP contribution is 2.13. The Labute approximate surface area is 108 Å². The summed E-state index contributed by atoms with van der Waals surface area (Å²) in [6.45, 7) is 2.66. The number of hydrogen-bond donors (Lipinski definition) is 1. The second-order valence-electron chi connectivity index (χ2n) is 4.90. The first-order chi connectivity index (χ1) is 8.69. The van der Waals surface area contributed by atoms with E-state index >= 15 is 0 Å². The third kappa shape index (κ3) is 3.51. The van der Waals surface area contributed by atoms with Crippen molar-refractivity contribution in [2.45, 2.75) is 18.6 Å². The topological polar surface area (TPSA) is 24.5 Å². The van der Waals surface area contributed by atoms with Gasteiger partial charge in [-0.15, -0.1) is 0 Å². The van der Waals surface area contributed by atoms with Gasteiger partial charge in [-0.3, -0.25) is 0 Å². The number of rotatable bonds is 4. The number of nitrogens with zero attached hydrogens (tertiary/aromatic N) is 1. The van der Waals surface area contributed by atoms with E-state index in [1.165, 1.54) is 6.07 Å². The van der Waals surface area contributed by atoms with Gasteiger partial charge < -0.3 is 15.0 Å². The monoisotopic (exact) mass is 252 g/mol. The lowest BCUT2D eigenvalue weighted by atomic mass is 10.00. The molecule has 0 bridgehead atoms. The van der Waals surface area contributed by atoms with Crippen LogP contribution in [0, 0.1) is 5.82 Å². The molecule has 1 aromatic carbocycles. The third-order valence-corrected chi connectivity index (χ3v) is 3.46. The molecule has 1 saturated heterocycles. The predicted octanol–water partition coefficient (Wildman–Crippen LogP) is 1.29. The van der Waals surface area contributed by atoms with E-state index in [-0.39, 0.29) is 18.0 Å². The molecule has 0 aromatic heterocycles. The van der Waals surface area contributed by atoms with Gasteiger partial charge in [0.15, 0.2) is 0 Å². The fourth-order valence-electron chi connectivity index (χ4n) is 2.39. The molecular formula is C14H21FN2O. The Balaban J connectivity index is 2.00. The number of nitrogens with one attached hydrogen (secondary N) is 1. The van der Waals surface area contributed by atoms with Crippen molar-refractivity contribution >= 4 is 0 Å². The minimum atomic E-state index is -0.177. The highest BCUT2D eigenvalue weighted by Gasteiger charge is 2.25. The lowest BCUT2D eigenvalue weighted by Gasteiger charge is -2.35. The first kappa shape index (κ1) is 13.5. The fraction of sp³-hybridized carbons (Fsp3) is 0.571. The number of halogens is 1. The van der Waals surface area contributed by atoms with Crippen LogP contribution < -0.4 is 5.32 Å². The van der Waals surface area contributed by atoms with Crippen molar-refractivity contribution in [1.82, 2.24) is 10.2 Å². The molecule has 1 aliphatic heterocycles. The Hall–Kier alpha value is -0.970. The van der Waals surface area contributed by atoms with E-state index in [1.54, 1.807) is 12.1 Å². The van der Waals surface area contributed by atoms with Crippen LogP contribution in [0.15, 0.2) is 24.3 Å². The summed E-state index contributed by atoms with van der Waals surface area (Å²) in [7, 11) is 4.03. The molecule has 2 unspecified atom stereocenters.